The van der Waals surface area contributed by atoms with E-state index in [1.807, 2.05) is 0 Å². The molecule has 0 N–H and O–H groups in total. The second-order valence-electron chi connectivity index (χ2n) is 6.14. The SMILES string of the molecule is CC(C)[O][Sn]([CH2]C(F)(F)C(F)(F)C(F)(F)F)([O]C(C)C)[O]C(C)C. The summed E-state index contributed by atoms with van der Waals surface area (Å²) in [4.78, 5) is 0. The van der Waals surface area contributed by atoms with Gasteiger partial charge in [-0.25, -0.2) is 0 Å². The van der Waals surface area contributed by atoms with Gasteiger partial charge in [-0.05, 0) is 0 Å². The summed E-state index contributed by atoms with van der Waals surface area (Å²) >= 11 is -5.45. The van der Waals surface area contributed by atoms with Crippen molar-refractivity contribution in [2.75, 3.05) is 0 Å². The van der Waals surface area contributed by atoms with E-state index >= 15 is 0 Å². The zero-order valence-electron chi connectivity index (χ0n) is 14.3. The molecule has 0 saturated carbocycles. The molecule has 11 heteroatoms. The van der Waals surface area contributed by atoms with Gasteiger partial charge in [0.25, 0.3) is 0 Å². The fraction of sp³-hybridized carbons (Fsp3) is 1.00. The van der Waals surface area contributed by atoms with E-state index in [4.69, 9.17) is 9.22 Å². The molecule has 0 aromatic carbocycles. The Bertz CT molecular complexity index is 371. The van der Waals surface area contributed by atoms with Gasteiger partial charge in [-0.2, -0.15) is 0 Å². The van der Waals surface area contributed by atoms with E-state index < -0.39 is 60.4 Å². The molecule has 0 fully saturated rings. The van der Waals surface area contributed by atoms with Crippen LogP contribution in [0.5, 0.6) is 0 Å². The van der Waals surface area contributed by atoms with Crippen molar-refractivity contribution in [1.82, 2.24) is 0 Å². The monoisotopic (exact) mass is 480 g/mol. The molecule has 0 heterocycles. The van der Waals surface area contributed by atoms with Crippen LogP contribution in [0.3, 0.4) is 0 Å². The molecule has 146 valence electrons. The van der Waals surface area contributed by atoms with Crippen LogP contribution in [-0.4, -0.2) is 56.0 Å². The van der Waals surface area contributed by atoms with E-state index in [1.165, 1.54) is 41.5 Å². The van der Waals surface area contributed by atoms with Crippen LogP contribution in [0, 0.1) is 0 Å². The van der Waals surface area contributed by atoms with Crippen LogP contribution in [0.1, 0.15) is 41.5 Å². The molecular weight excluding hydrogens is 456 g/mol. The Morgan fingerprint density at radius 1 is 0.667 bits per heavy atom. The van der Waals surface area contributed by atoms with Crippen molar-refractivity contribution in [3.05, 3.63) is 0 Å². The van der Waals surface area contributed by atoms with Gasteiger partial charge in [-0.15, -0.1) is 0 Å². The summed E-state index contributed by atoms with van der Waals surface area (Å²) in [6.45, 7) is 8.58. The second-order valence-corrected chi connectivity index (χ2v) is 13.1. The van der Waals surface area contributed by atoms with E-state index in [9.17, 15) is 30.7 Å². The molecule has 24 heavy (non-hydrogen) atoms. The first-order valence-corrected chi connectivity index (χ1v) is 12.8. The van der Waals surface area contributed by atoms with Gasteiger partial charge in [0.15, 0.2) is 0 Å². The molecule has 0 atom stereocenters. The minimum atomic E-state index is -6.40. The van der Waals surface area contributed by atoms with Gasteiger partial charge in [0.2, 0.25) is 0 Å². The molecular formula is C13H23F7O3Sn. The standard InChI is InChI=1S/C4H2F7.3C3H7O.Sn/c1-2(5,6)3(7,8)4(9,10)11;3*1-3(2)4;/h1H2;3*3H,1-2H3;/q;3*-1;+3. The molecule has 0 aromatic rings. The van der Waals surface area contributed by atoms with Crippen LogP contribution in [0.2, 0.25) is 4.44 Å². The van der Waals surface area contributed by atoms with E-state index in [-0.39, 0.29) is 0 Å². The first-order valence-electron chi connectivity index (χ1n) is 7.31. The Kier molecular flexibility index (Phi) is 8.32. The molecule has 0 aliphatic heterocycles. The Balaban J connectivity index is 5.87. The van der Waals surface area contributed by atoms with Crippen molar-refractivity contribution >= 4 is 19.6 Å². The molecule has 0 aliphatic rings. The topological polar surface area (TPSA) is 27.7 Å². The molecule has 0 bridgehead atoms. The summed E-state index contributed by atoms with van der Waals surface area (Å²) in [5.41, 5.74) is 0. The molecule has 0 radical (unpaired) electrons. The molecule has 0 aromatic heterocycles. The van der Waals surface area contributed by atoms with Crippen LogP contribution < -0.4 is 0 Å². The van der Waals surface area contributed by atoms with E-state index in [0.717, 1.165) is 0 Å². The molecule has 0 amide bonds. The number of rotatable bonds is 9. The fourth-order valence-corrected chi connectivity index (χ4v) is 11.4. The molecule has 3 nitrogen and oxygen atoms in total. The van der Waals surface area contributed by atoms with Crippen molar-refractivity contribution in [3.8, 4) is 0 Å². The average Bonchev–Trinajstić information content (AvgIpc) is 2.21. The molecule has 0 aliphatic carbocycles. The van der Waals surface area contributed by atoms with Crippen molar-refractivity contribution in [2.24, 2.45) is 0 Å². The number of halogens is 7. The molecule has 0 unspecified atom stereocenters. The van der Waals surface area contributed by atoms with Crippen LogP contribution in [-0.2, 0) is 9.22 Å². The molecule has 0 rings (SSSR count). The Morgan fingerprint density at radius 2 is 0.958 bits per heavy atom. The maximum atomic E-state index is 13.9. The second kappa shape index (κ2) is 8.26. The summed E-state index contributed by atoms with van der Waals surface area (Å²) in [6.07, 6.45) is -8.63. The summed E-state index contributed by atoms with van der Waals surface area (Å²) in [6, 6.07) is 0. The quantitative estimate of drug-likeness (QED) is 0.343. The predicted octanol–water partition coefficient (Wildman–Crippen LogP) is 5.03. The van der Waals surface area contributed by atoms with Crippen LogP contribution in [0.4, 0.5) is 30.7 Å². The van der Waals surface area contributed by atoms with Gasteiger partial charge in [-0.1, -0.05) is 0 Å². The van der Waals surface area contributed by atoms with Gasteiger partial charge in [0.1, 0.15) is 0 Å². The van der Waals surface area contributed by atoms with Crippen molar-refractivity contribution in [3.63, 3.8) is 0 Å². The van der Waals surface area contributed by atoms with Crippen molar-refractivity contribution in [1.29, 1.82) is 0 Å². The number of hydrogen-bond donors (Lipinski definition) is 0. The van der Waals surface area contributed by atoms with Gasteiger partial charge < -0.3 is 0 Å². The van der Waals surface area contributed by atoms with E-state index in [2.05, 4.69) is 0 Å². The van der Waals surface area contributed by atoms with Crippen LogP contribution in [0.15, 0.2) is 0 Å². The van der Waals surface area contributed by atoms with Crippen molar-refractivity contribution < 1.29 is 40.0 Å². The fourth-order valence-electron chi connectivity index (χ4n) is 1.88. The van der Waals surface area contributed by atoms with E-state index in [1.54, 1.807) is 0 Å². The van der Waals surface area contributed by atoms with E-state index in [0.29, 0.717) is 0 Å². The van der Waals surface area contributed by atoms with Gasteiger partial charge >= 0.3 is 142 Å². The Labute approximate surface area is 142 Å². The minimum absolute atomic E-state index is 0.742. The van der Waals surface area contributed by atoms with Gasteiger partial charge in [0.05, 0.1) is 0 Å². The van der Waals surface area contributed by atoms with Crippen LogP contribution >= 0.6 is 0 Å². The summed E-state index contributed by atoms with van der Waals surface area (Å²) in [5.74, 6) is -11.6. The normalized spacial score (nSPS) is 15.0. The predicted molar refractivity (Wildman–Crippen MR) is 75.2 cm³/mol. The zero-order valence-corrected chi connectivity index (χ0v) is 17.2. The summed E-state index contributed by atoms with van der Waals surface area (Å²) in [7, 11) is 0. The first-order chi connectivity index (χ1) is 10.5. The average molecular weight is 479 g/mol. The third kappa shape index (κ3) is 6.49. The molecule has 0 spiro atoms. The van der Waals surface area contributed by atoms with Crippen molar-refractivity contribution in [2.45, 2.75) is 82.3 Å². The number of alkyl halides is 7. The summed E-state index contributed by atoms with van der Waals surface area (Å²) < 4.78 is 105. The number of hydrogen-bond acceptors (Lipinski definition) is 3. The van der Waals surface area contributed by atoms with Crippen LogP contribution in [0.25, 0.3) is 0 Å². The molecule has 0 saturated heterocycles. The summed E-state index contributed by atoms with van der Waals surface area (Å²) in [5, 5.41) is 0. The van der Waals surface area contributed by atoms with Gasteiger partial charge in [-0.3, -0.25) is 0 Å². The maximum absolute atomic E-state index is 13.9. The zero-order chi connectivity index (χ0) is 19.6. The first kappa shape index (κ1) is 24.2. The van der Waals surface area contributed by atoms with Gasteiger partial charge in [0, 0.05) is 0 Å². The Hall–Kier alpha value is 0.189. The third-order valence-electron chi connectivity index (χ3n) is 2.50. The Morgan fingerprint density at radius 3 is 1.17 bits per heavy atom. The third-order valence-corrected chi connectivity index (χ3v) is 12.1.